The van der Waals surface area contributed by atoms with E-state index in [1.165, 1.54) is 12.8 Å². The fourth-order valence-electron chi connectivity index (χ4n) is 3.02. The number of methoxy groups -OCH3 is 1. The van der Waals surface area contributed by atoms with Gasteiger partial charge in [0.2, 0.25) is 5.95 Å². The van der Waals surface area contributed by atoms with Gasteiger partial charge in [0.25, 0.3) is 0 Å². The molecule has 0 bridgehead atoms. The fourth-order valence-corrected chi connectivity index (χ4v) is 3.02. The van der Waals surface area contributed by atoms with Crippen molar-refractivity contribution in [2.45, 2.75) is 38.8 Å². The van der Waals surface area contributed by atoms with Gasteiger partial charge >= 0.3 is 0 Å². The van der Waals surface area contributed by atoms with Gasteiger partial charge in [0, 0.05) is 19.3 Å². The SMILES string of the molecule is COCC(C)n1cc(Nc2nc(N[C@@H](C)C3CC3)c3cc[nH]c3n2)nn1.S.S. The number of fused-ring (bicyclic) bond motifs is 1. The van der Waals surface area contributed by atoms with Crippen LogP contribution in [0.5, 0.6) is 0 Å². The van der Waals surface area contributed by atoms with E-state index in [0.717, 1.165) is 22.8 Å². The number of aromatic nitrogens is 6. The Bertz CT molecular complexity index is 894. The van der Waals surface area contributed by atoms with Crippen LogP contribution in [0.15, 0.2) is 18.5 Å². The molecule has 0 saturated heterocycles. The fraction of sp³-hybridized carbons (Fsp3) is 0.529. The smallest absolute Gasteiger partial charge is 0.232 e. The van der Waals surface area contributed by atoms with Crippen LogP contribution in [0.2, 0.25) is 0 Å². The van der Waals surface area contributed by atoms with Gasteiger partial charge in [0.05, 0.1) is 24.2 Å². The Morgan fingerprint density at radius 1 is 1.29 bits per heavy atom. The monoisotopic (exact) mass is 424 g/mol. The summed E-state index contributed by atoms with van der Waals surface area (Å²) in [4.78, 5) is 12.3. The average Bonchev–Trinajstić information content (AvgIpc) is 3.18. The zero-order valence-electron chi connectivity index (χ0n) is 16.2. The standard InChI is InChI=1S/C17H24N8O.2H2S/c1-10(9-26-3)25-8-14(23-24-25)20-17-21-15-13(6-7-18-15)16(22-17)19-11(2)12-4-5-12;;/h6-8,10-12H,4-5,9H2,1-3H3,(H3,18,19,20,21,22);2*1H2/t10?,11-;;/m0../s1. The maximum atomic E-state index is 5.16. The molecule has 1 unspecified atom stereocenters. The first-order valence-corrected chi connectivity index (χ1v) is 8.93. The van der Waals surface area contributed by atoms with Crippen molar-refractivity contribution in [1.29, 1.82) is 0 Å². The number of ether oxygens (including phenoxy) is 1. The van der Waals surface area contributed by atoms with Crippen LogP contribution in [0.1, 0.15) is 32.7 Å². The number of nitrogens with one attached hydrogen (secondary N) is 3. The van der Waals surface area contributed by atoms with E-state index in [4.69, 9.17) is 4.74 Å². The molecule has 3 heterocycles. The van der Waals surface area contributed by atoms with Crippen LogP contribution >= 0.6 is 27.0 Å². The van der Waals surface area contributed by atoms with Crippen molar-refractivity contribution in [3.05, 3.63) is 18.5 Å². The van der Waals surface area contributed by atoms with Crippen molar-refractivity contribution in [1.82, 2.24) is 29.9 Å². The zero-order valence-corrected chi connectivity index (χ0v) is 18.2. The van der Waals surface area contributed by atoms with Gasteiger partial charge in [-0.1, -0.05) is 5.21 Å². The van der Waals surface area contributed by atoms with E-state index < -0.39 is 0 Å². The van der Waals surface area contributed by atoms with E-state index in [1.807, 2.05) is 25.4 Å². The highest BCUT2D eigenvalue weighted by atomic mass is 32.1. The molecule has 11 heteroatoms. The number of aromatic amines is 1. The van der Waals surface area contributed by atoms with Crippen molar-refractivity contribution in [3.63, 3.8) is 0 Å². The highest BCUT2D eigenvalue weighted by Gasteiger charge is 2.28. The van der Waals surface area contributed by atoms with Crippen LogP contribution in [-0.4, -0.2) is 49.7 Å². The highest BCUT2D eigenvalue weighted by Crippen LogP contribution is 2.34. The molecule has 0 radical (unpaired) electrons. The second-order valence-corrected chi connectivity index (χ2v) is 6.92. The molecule has 1 aliphatic rings. The topological polar surface area (TPSA) is 106 Å². The van der Waals surface area contributed by atoms with Crippen molar-refractivity contribution < 1.29 is 4.74 Å². The summed E-state index contributed by atoms with van der Waals surface area (Å²) in [7, 11) is 1.67. The lowest BCUT2D eigenvalue weighted by atomic mass is 10.2. The van der Waals surface area contributed by atoms with Gasteiger partial charge in [-0.2, -0.15) is 37.0 Å². The third-order valence-corrected chi connectivity index (χ3v) is 4.72. The van der Waals surface area contributed by atoms with Gasteiger partial charge < -0.3 is 20.4 Å². The lowest BCUT2D eigenvalue weighted by molar-refractivity contribution is 0.156. The molecule has 3 aromatic heterocycles. The molecule has 0 aromatic carbocycles. The van der Waals surface area contributed by atoms with Crippen LogP contribution in [0.4, 0.5) is 17.6 Å². The quantitative estimate of drug-likeness (QED) is 0.510. The van der Waals surface area contributed by atoms with E-state index in [2.05, 4.69) is 42.8 Å². The number of nitrogens with zero attached hydrogens (tertiary/aromatic N) is 5. The number of hydrogen-bond acceptors (Lipinski definition) is 7. The number of rotatable bonds is 8. The van der Waals surface area contributed by atoms with Crippen LogP contribution in [0.3, 0.4) is 0 Å². The first-order valence-electron chi connectivity index (χ1n) is 8.93. The minimum Gasteiger partial charge on any atom is -0.382 e. The van der Waals surface area contributed by atoms with Gasteiger partial charge in [0.1, 0.15) is 11.5 Å². The largest absolute Gasteiger partial charge is 0.382 e. The second kappa shape index (κ2) is 9.48. The minimum atomic E-state index is 0. The predicted molar refractivity (Wildman–Crippen MR) is 120 cm³/mol. The van der Waals surface area contributed by atoms with Crippen molar-refractivity contribution in [2.24, 2.45) is 5.92 Å². The molecule has 2 atom stereocenters. The molecule has 0 aliphatic heterocycles. The normalized spacial score (nSPS) is 15.4. The third-order valence-electron chi connectivity index (χ3n) is 4.72. The zero-order chi connectivity index (χ0) is 18.1. The highest BCUT2D eigenvalue weighted by molar-refractivity contribution is 7.59. The summed E-state index contributed by atoms with van der Waals surface area (Å²) in [6.07, 6.45) is 6.26. The Morgan fingerprint density at radius 2 is 2.07 bits per heavy atom. The van der Waals surface area contributed by atoms with E-state index in [1.54, 1.807) is 11.8 Å². The summed E-state index contributed by atoms with van der Waals surface area (Å²) in [5.41, 5.74) is 0.785. The van der Waals surface area contributed by atoms with Crippen LogP contribution in [-0.2, 0) is 4.74 Å². The van der Waals surface area contributed by atoms with Gasteiger partial charge in [-0.05, 0) is 38.7 Å². The van der Waals surface area contributed by atoms with Crippen molar-refractivity contribution in [2.75, 3.05) is 24.4 Å². The molecule has 0 spiro atoms. The Morgan fingerprint density at radius 3 is 2.79 bits per heavy atom. The molecule has 3 aromatic rings. The van der Waals surface area contributed by atoms with Crippen LogP contribution in [0.25, 0.3) is 11.0 Å². The maximum absolute atomic E-state index is 5.16. The Balaban J connectivity index is 0.00000140. The summed E-state index contributed by atoms with van der Waals surface area (Å²) in [5, 5.41) is 15.9. The van der Waals surface area contributed by atoms with Crippen molar-refractivity contribution in [3.8, 4) is 0 Å². The average molecular weight is 425 g/mol. The predicted octanol–water partition coefficient (Wildman–Crippen LogP) is 2.94. The maximum Gasteiger partial charge on any atom is 0.232 e. The molecule has 4 rings (SSSR count). The molecule has 1 aliphatic carbocycles. The summed E-state index contributed by atoms with van der Waals surface area (Å²) in [6.45, 7) is 4.79. The van der Waals surface area contributed by atoms with Gasteiger partial charge in [-0.15, -0.1) is 5.10 Å². The summed E-state index contributed by atoms with van der Waals surface area (Å²) in [5.74, 6) is 2.65. The molecule has 28 heavy (non-hydrogen) atoms. The van der Waals surface area contributed by atoms with E-state index in [9.17, 15) is 0 Å². The van der Waals surface area contributed by atoms with Gasteiger partial charge in [-0.25, -0.2) is 4.68 Å². The van der Waals surface area contributed by atoms with E-state index in [-0.39, 0.29) is 33.0 Å². The minimum absolute atomic E-state index is 0. The van der Waals surface area contributed by atoms with E-state index >= 15 is 0 Å². The van der Waals surface area contributed by atoms with Gasteiger partial charge in [0.15, 0.2) is 5.82 Å². The second-order valence-electron chi connectivity index (χ2n) is 6.92. The first-order chi connectivity index (χ1) is 12.6. The first kappa shape index (κ1) is 22.3. The Hall–Kier alpha value is -1.98. The molecule has 3 N–H and O–H groups in total. The molecular formula is C17H28N8OS2. The Kier molecular flexibility index (Phi) is 7.55. The summed E-state index contributed by atoms with van der Waals surface area (Å²) >= 11 is 0. The lowest BCUT2D eigenvalue weighted by Crippen LogP contribution is -2.18. The number of anilines is 3. The van der Waals surface area contributed by atoms with Crippen LogP contribution < -0.4 is 10.6 Å². The molecular weight excluding hydrogens is 396 g/mol. The third kappa shape index (κ3) is 4.89. The molecule has 1 saturated carbocycles. The van der Waals surface area contributed by atoms with E-state index in [0.29, 0.717) is 24.4 Å². The van der Waals surface area contributed by atoms with Gasteiger partial charge in [-0.3, -0.25) is 0 Å². The summed E-state index contributed by atoms with van der Waals surface area (Å²) in [6, 6.07) is 2.49. The molecule has 1 fully saturated rings. The molecule has 9 nitrogen and oxygen atoms in total. The lowest BCUT2D eigenvalue weighted by Gasteiger charge is -2.15. The molecule has 154 valence electrons. The number of H-pyrrole nitrogens is 1. The summed E-state index contributed by atoms with van der Waals surface area (Å²) < 4.78 is 6.91. The number of hydrogen-bond donors (Lipinski definition) is 3. The van der Waals surface area contributed by atoms with Crippen molar-refractivity contribution >= 4 is 55.6 Å². The molecule has 0 amide bonds. The van der Waals surface area contributed by atoms with Crippen LogP contribution in [0, 0.1) is 5.92 Å². The Labute approximate surface area is 177 Å².